The largest absolute Gasteiger partial charge is 0.493 e. The molecule has 0 saturated carbocycles. The van der Waals surface area contributed by atoms with Crippen LogP contribution in [0.3, 0.4) is 0 Å². The van der Waals surface area contributed by atoms with E-state index in [-0.39, 0.29) is 27.3 Å². The summed E-state index contributed by atoms with van der Waals surface area (Å²) in [5.41, 5.74) is -1.23. The third-order valence-corrected chi connectivity index (χ3v) is 4.90. The van der Waals surface area contributed by atoms with Gasteiger partial charge in [-0.05, 0) is 25.7 Å². The van der Waals surface area contributed by atoms with Gasteiger partial charge in [0.05, 0.1) is 5.69 Å². The van der Waals surface area contributed by atoms with Crippen LogP contribution in [0.2, 0.25) is 0 Å². The standard InChI is InChI=1S/C16H15F5N2O2S/c1-7-9(12(24)11-8(2)22-23(3)14(11)25)5-6-10(13(7)26-4)15(17,18)16(19,20)21/h5-6,25H,1-4H3. The molecule has 26 heavy (non-hydrogen) atoms. The molecule has 0 aliphatic heterocycles. The molecule has 1 aromatic carbocycles. The van der Waals surface area contributed by atoms with Crippen molar-refractivity contribution < 1.29 is 31.9 Å². The van der Waals surface area contributed by atoms with Crippen molar-refractivity contribution in [1.29, 1.82) is 0 Å². The van der Waals surface area contributed by atoms with E-state index in [2.05, 4.69) is 5.10 Å². The zero-order chi connectivity index (χ0) is 20.0. The van der Waals surface area contributed by atoms with E-state index in [1.807, 2.05) is 0 Å². The summed E-state index contributed by atoms with van der Waals surface area (Å²) >= 11 is 0.690. The van der Waals surface area contributed by atoms with Gasteiger partial charge in [0.25, 0.3) is 0 Å². The molecule has 1 N–H and O–H groups in total. The third kappa shape index (κ3) is 3.06. The Bertz CT molecular complexity index is 875. The Kier molecular flexibility index (Phi) is 5.10. The van der Waals surface area contributed by atoms with Crippen molar-refractivity contribution in [3.8, 4) is 5.88 Å². The van der Waals surface area contributed by atoms with Gasteiger partial charge in [0.15, 0.2) is 0 Å². The summed E-state index contributed by atoms with van der Waals surface area (Å²) in [5, 5.41) is 13.9. The SMILES string of the molecule is CSc1c(C(F)(F)C(F)(F)F)ccc(C(=O)c2c(C)nn(C)c2O)c1C. The molecular formula is C16H15F5N2O2S. The number of benzene rings is 1. The molecule has 2 aromatic rings. The molecule has 0 spiro atoms. The van der Waals surface area contributed by atoms with E-state index in [9.17, 15) is 31.9 Å². The van der Waals surface area contributed by atoms with Gasteiger partial charge in [-0.3, -0.25) is 4.79 Å². The lowest BCUT2D eigenvalue weighted by Crippen LogP contribution is -2.34. The van der Waals surface area contributed by atoms with Gasteiger partial charge in [0.2, 0.25) is 11.7 Å². The normalized spacial score (nSPS) is 12.5. The number of alkyl halides is 5. The number of halogens is 5. The number of nitrogens with zero attached hydrogens (tertiary/aromatic N) is 2. The zero-order valence-electron chi connectivity index (χ0n) is 14.2. The summed E-state index contributed by atoms with van der Waals surface area (Å²) in [6.07, 6.45) is -4.41. The van der Waals surface area contributed by atoms with E-state index in [1.54, 1.807) is 0 Å². The molecule has 1 heterocycles. The second-order valence-corrected chi connectivity index (χ2v) is 6.44. The maximum Gasteiger partial charge on any atom is 0.458 e. The number of carbonyl (C=O) groups excluding carboxylic acids is 1. The molecule has 0 atom stereocenters. The highest BCUT2D eigenvalue weighted by Gasteiger charge is 2.59. The Hall–Kier alpha value is -2.10. The minimum absolute atomic E-state index is 0.0217. The Balaban J connectivity index is 2.66. The fourth-order valence-corrected chi connectivity index (χ4v) is 3.48. The van der Waals surface area contributed by atoms with Crippen LogP contribution in [0.5, 0.6) is 5.88 Å². The van der Waals surface area contributed by atoms with Crippen LogP contribution < -0.4 is 0 Å². The second-order valence-electron chi connectivity index (χ2n) is 5.63. The molecule has 142 valence electrons. The van der Waals surface area contributed by atoms with Crippen molar-refractivity contribution in [3.63, 3.8) is 0 Å². The molecular weight excluding hydrogens is 379 g/mol. The molecule has 0 radical (unpaired) electrons. The van der Waals surface area contributed by atoms with Crippen molar-refractivity contribution in [2.24, 2.45) is 7.05 Å². The van der Waals surface area contributed by atoms with Gasteiger partial charge in [0, 0.05) is 23.1 Å². The number of rotatable bonds is 4. The first-order valence-corrected chi connectivity index (χ1v) is 8.46. The summed E-state index contributed by atoms with van der Waals surface area (Å²) in [7, 11) is 1.41. The molecule has 1 aromatic heterocycles. The van der Waals surface area contributed by atoms with E-state index in [0.29, 0.717) is 17.8 Å². The number of aromatic hydroxyl groups is 1. The van der Waals surface area contributed by atoms with Crippen LogP contribution in [0.4, 0.5) is 22.0 Å². The van der Waals surface area contributed by atoms with E-state index in [1.165, 1.54) is 27.2 Å². The Morgan fingerprint density at radius 1 is 1.19 bits per heavy atom. The number of hydrogen-bond acceptors (Lipinski definition) is 4. The fraction of sp³-hybridized carbons (Fsp3) is 0.375. The number of carbonyl (C=O) groups is 1. The van der Waals surface area contributed by atoms with Gasteiger partial charge in [-0.2, -0.15) is 27.1 Å². The maximum atomic E-state index is 13.8. The minimum Gasteiger partial charge on any atom is -0.493 e. The fourth-order valence-electron chi connectivity index (χ4n) is 2.65. The molecule has 0 bridgehead atoms. The van der Waals surface area contributed by atoms with Crippen molar-refractivity contribution in [3.05, 3.63) is 40.1 Å². The quantitative estimate of drug-likeness (QED) is 0.476. The van der Waals surface area contributed by atoms with Gasteiger partial charge in [0.1, 0.15) is 5.56 Å². The van der Waals surface area contributed by atoms with Crippen LogP contribution in [-0.4, -0.2) is 33.1 Å². The van der Waals surface area contributed by atoms with E-state index < -0.39 is 29.3 Å². The van der Waals surface area contributed by atoms with Gasteiger partial charge in [-0.1, -0.05) is 12.1 Å². The van der Waals surface area contributed by atoms with E-state index in [0.717, 1.165) is 10.7 Å². The molecule has 2 rings (SSSR count). The van der Waals surface area contributed by atoms with Crippen molar-refractivity contribution >= 4 is 17.5 Å². The highest BCUT2D eigenvalue weighted by atomic mass is 32.2. The van der Waals surface area contributed by atoms with Crippen molar-refractivity contribution in [2.75, 3.05) is 6.26 Å². The highest BCUT2D eigenvalue weighted by Crippen LogP contribution is 2.48. The minimum atomic E-state index is -5.76. The van der Waals surface area contributed by atoms with Crippen molar-refractivity contribution in [2.45, 2.75) is 30.8 Å². The zero-order valence-corrected chi connectivity index (χ0v) is 15.0. The number of hydrogen-bond donors (Lipinski definition) is 1. The molecule has 0 saturated heterocycles. The lowest BCUT2D eigenvalue weighted by Gasteiger charge is -2.23. The van der Waals surface area contributed by atoms with Crippen LogP contribution in [0.25, 0.3) is 0 Å². The topological polar surface area (TPSA) is 55.1 Å². The Morgan fingerprint density at radius 2 is 1.77 bits per heavy atom. The second kappa shape index (κ2) is 6.57. The maximum absolute atomic E-state index is 13.8. The Morgan fingerprint density at radius 3 is 2.19 bits per heavy atom. The lowest BCUT2D eigenvalue weighted by molar-refractivity contribution is -0.290. The lowest BCUT2D eigenvalue weighted by atomic mass is 9.95. The average Bonchev–Trinajstić information content (AvgIpc) is 2.77. The summed E-state index contributed by atoms with van der Waals surface area (Å²) in [5.74, 6) is -6.17. The first-order chi connectivity index (χ1) is 11.8. The summed E-state index contributed by atoms with van der Waals surface area (Å²) in [6, 6.07) is 1.51. The molecule has 0 unspecified atom stereocenters. The molecule has 0 aliphatic carbocycles. The Labute approximate surface area is 150 Å². The summed E-state index contributed by atoms with van der Waals surface area (Å²) in [6.45, 7) is 2.77. The van der Waals surface area contributed by atoms with Gasteiger partial charge in [-0.25, -0.2) is 4.68 Å². The van der Waals surface area contributed by atoms with Crippen LogP contribution in [-0.2, 0) is 13.0 Å². The number of ketones is 1. The van der Waals surface area contributed by atoms with Gasteiger partial charge < -0.3 is 5.11 Å². The van der Waals surface area contributed by atoms with Crippen LogP contribution >= 0.6 is 11.8 Å². The number of aryl methyl sites for hydroxylation is 2. The average molecular weight is 394 g/mol. The summed E-state index contributed by atoms with van der Waals surface area (Å²) < 4.78 is 66.9. The predicted molar refractivity (Wildman–Crippen MR) is 86.0 cm³/mol. The molecule has 0 aliphatic rings. The molecule has 4 nitrogen and oxygen atoms in total. The number of thioether (sulfide) groups is 1. The number of aromatic nitrogens is 2. The van der Waals surface area contributed by atoms with E-state index >= 15 is 0 Å². The molecule has 10 heteroatoms. The van der Waals surface area contributed by atoms with Crippen molar-refractivity contribution in [1.82, 2.24) is 9.78 Å². The van der Waals surface area contributed by atoms with Gasteiger partial charge >= 0.3 is 12.1 Å². The predicted octanol–water partition coefficient (Wildman–Crippen LogP) is 4.35. The van der Waals surface area contributed by atoms with Gasteiger partial charge in [-0.15, -0.1) is 11.8 Å². The molecule has 0 amide bonds. The van der Waals surface area contributed by atoms with Crippen LogP contribution in [0.1, 0.15) is 32.7 Å². The highest BCUT2D eigenvalue weighted by molar-refractivity contribution is 7.98. The molecule has 0 fully saturated rings. The van der Waals surface area contributed by atoms with E-state index in [4.69, 9.17) is 0 Å². The first-order valence-electron chi connectivity index (χ1n) is 7.24. The smallest absolute Gasteiger partial charge is 0.458 e. The van der Waals surface area contributed by atoms with Crippen LogP contribution in [0, 0.1) is 13.8 Å². The summed E-state index contributed by atoms with van der Waals surface area (Å²) in [4.78, 5) is 12.4. The monoisotopic (exact) mass is 394 g/mol. The first kappa shape index (κ1) is 20.2. The van der Waals surface area contributed by atoms with Crippen LogP contribution in [0.15, 0.2) is 17.0 Å². The third-order valence-electron chi connectivity index (χ3n) is 3.97.